The summed E-state index contributed by atoms with van der Waals surface area (Å²) in [4.78, 5) is 24.6. The summed E-state index contributed by atoms with van der Waals surface area (Å²) in [5, 5.41) is 9.02. The number of carboxylic acid groups (broad SMARTS) is 1. The van der Waals surface area contributed by atoms with Crippen molar-refractivity contribution in [2.45, 2.75) is 38.6 Å². The van der Waals surface area contributed by atoms with Gasteiger partial charge in [-0.2, -0.15) is 0 Å². The van der Waals surface area contributed by atoms with Gasteiger partial charge >= 0.3 is 5.97 Å². The topological polar surface area (TPSA) is 83.6 Å². The summed E-state index contributed by atoms with van der Waals surface area (Å²) in [6.45, 7) is 3.12. The molecular formula is C12H20N2O3. The van der Waals surface area contributed by atoms with Crippen molar-refractivity contribution in [2.24, 2.45) is 17.1 Å². The monoisotopic (exact) mass is 240 g/mol. The zero-order chi connectivity index (χ0) is 12.6. The lowest BCUT2D eigenvalue weighted by Gasteiger charge is -2.24. The van der Waals surface area contributed by atoms with Crippen LogP contribution < -0.4 is 5.73 Å². The van der Waals surface area contributed by atoms with Crippen molar-refractivity contribution < 1.29 is 14.7 Å². The average Bonchev–Trinajstić information content (AvgIpc) is 2.86. The van der Waals surface area contributed by atoms with Gasteiger partial charge in [0.05, 0.1) is 12.0 Å². The Labute approximate surface area is 101 Å². The van der Waals surface area contributed by atoms with Gasteiger partial charge in [-0.05, 0) is 38.0 Å². The highest BCUT2D eigenvalue weighted by Crippen LogP contribution is 2.48. The van der Waals surface area contributed by atoms with Gasteiger partial charge in [-0.3, -0.25) is 9.59 Å². The quantitative estimate of drug-likeness (QED) is 0.733. The normalized spacial score (nSPS) is 34.2. The first-order valence-electron chi connectivity index (χ1n) is 6.21. The van der Waals surface area contributed by atoms with Gasteiger partial charge in [0.25, 0.3) is 0 Å². The number of amides is 1. The Morgan fingerprint density at radius 1 is 1.47 bits per heavy atom. The van der Waals surface area contributed by atoms with E-state index in [2.05, 4.69) is 0 Å². The van der Waals surface area contributed by atoms with Crippen LogP contribution in [0.3, 0.4) is 0 Å². The molecule has 3 N–H and O–H groups in total. The predicted molar refractivity (Wildman–Crippen MR) is 62.3 cm³/mol. The second kappa shape index (κ2) is 4.29. The van der Waals surface area contributed by atoms with Gasteiger partial charge in [0.15, 0.2) is 0 Å². The van der Waals surface area contributed by atoms with Crippen LogP contribution in [0.4, 0.5) is 0 Å². The molecule has 3 unspecified atom stereocenters. The molecule has 3 atom stereocenters. The van der Waals surface area contributed by atoms with Gasteiger partial charge in [-0.15, -0.1) is 0 Å². The van der Waals surface area contributed by atoms with Gasteiger partial charge < -0.3 is 15.7 Å². The molecule has 2 rings (SSSR count). The molecule has 1 heterocycles. The third kappa shape index (κ3) is 2.29. The molecule has 96 valence electrons. The van der Waals surface area contributed by atoms with Gasteiger partial charge in [-0.1, -0.05) is 0 Å². The summed E-state index contributed by atoms with van der Waals surface area (Å²) in [6.07, 6.45) is 3.31. The summed E-state index contributed by atoms with van der Waals surface area (Å²) in [5.74, 6) is -0.931. The van der Waals surface area contributed by atoms with Crippen molar-refractivity contribution >= 4 is 11.9 Å². The molecule has 1 spiro atoms. The Kier molecular flexibility index (Phi) is 3.12. The van der Waals surface area contributed by atoms with Crippen molar-refractivity contribution in [3.05, 3.63) is 0 Å². The largest absolute Gasteiger partial charge is 0.481 e. The molecule has 0 bridgehead atoms. The molecule has 1 aliphatic heterocycles. The molecule has 2 aliphatic rings. The number of nitrogens with two attached hydrogens (primary N) is 1. The maximum absolute atomic E-state index is 11.8. The lowest BCUT2D eigenvalue weighted by atomic mass is 9.84. The number of carbonyl (C=O) groups excluding carboxylic acids is 1. The highest BCUT2D eigenvalue weighted by atomic mass is 16.4. The van der Waals surface area contributed by atoms with E-state index in [1.165, 1.54) is 0 Å². The molecule has 1 saturated heterocycles. The minimum Gasteiger partial charge on any atom is -0.481 e. The summed E-state index contributed by atoms with van der Waals surface area (Å²) in [6, 6.07) is -0.457. The highest BCUT2D eigenvalue weighted by molar-refractivity contribution is 5.81. The van der Waals surface area contributed by atoms with E-state index in [4.69, 9.17) is 10.8 Å². The molecule has 1 aliphatic carbocycles. The van der Waals surface area contributed by atoms with E-state index in [0.717, 1.165) is 25.8 Å². The van der Waals surface area contributed by atoms with E-state index in [0.29, 0.717) is 13.0 Å². The fourth-order valence-electron chi connectivity index (χ4n) is 3.20. The molecule has 1 amide bonds. The SMILES string of the molecule is CC(N)C(=O)N1CCC2(CCC(C(=O)O)C2)C1. The molecular weight excluding hydrogens is 220 g/mol. The Morgan fingerprint density at radius 3 is 2.71 bits per heavy atom. The van der Waals surface area contributed by atoms with Gasteiger partial charge in [0.2, 0.25) is 5.91 Å². The van der Waals surface area contributed by atoms with Crippen LogP contribution in [0.2, 0.25) is 0 Å². The van der Waals surface area contributed by atoms with E-state index >= 15 is 0 Å². The van der Waals surface area contributed by atoms with E-state index in [1.807, 2.05) is 0 Å². The Morgan fingerprint density at radius 2 is 2.18 bits per heavy atom. The first-order valence-corrected chi connectivity index (χ1v) is 6.21. The standard InChI is InChI=1S/C12H20N2O3/c1-8(13)10(15)14-5-4-12(7-14)3-2-9(6-12)11(16)17/h8-9H,2-7,13H2,1H3,(H,16,17). The molecule has 5 heteroatoms. The Bertz CT molecular complexity index is 343. The van der Waals surface area contributed by atoms with Crippen LogP contribution in [0, 0.1) is 11.3 Å². The Balaban J connectivity index is 1.98. The molecule has 2 fully saturated rings. The predicted octanol–water partition coefficient (Wildman–Crippen LogP) is 0.437. The van der Waals surface area contributed by atoms with Crippen molar-refractivity contribution in [3.63, 3.8) is 0 Å². The van der Waals surface area contributed by atoms with Crippen LogP contribution in [0.25, 0.3) is 0 Å². The number of hydrogen-bond acceptors (Lipinski definition) is 3. The molecule has 0 aromatic carbocycles. The summed E-state index contributed by atoms with van der Waals surface area (Å²) >= 11 is 0. The van der Waals surface area contributed by atoms with E-state index in [-0.39, 0.29) is 17.2 Å². The van der Waals surface area contributed by atoms with E-state index in [9.17, 15) is 9.59 Å². The summed E-state index contributed by atoms with van der Waals surface area (Å²) in [7, 11) is 0. The minimum atomic E-state index is -0.696. The molecule has 5 nitrogen and oxygen atoms in total. The smallest absolute Gasteiger partial charge is 0.306 e. The summed E-state index contributed by atoms with van der Waals surface area (Å²) < 4.78 is 0. The fraction of sp³-hybridized carbons (Fsp3) is 0.833. The molecule has 0 aromatic heterocycles. The van der Waals surface area contributed by atoms with E-state index in [1.54, 1.807) is 11.8 Å². The molecule has 1 saturated carbocycles. The first kappa shape index (κ1) is 12.4. The van der Waals surface area contributed by atoms with Crippen LogP contribution in [0.1, 0.15) is 32.6 Å². The summed E-state index contributed by atoms with van der Waals surface area (Å²) in [5.41, 5.74) is 5.64. The van der Waals surface area contributed by atoms with Crippen LogP contribution in [-0.2, 0) is 9.59 Å². The maximum Gasteiger partial charge on any atom is 0.306 e. The maximum atomic E-state index is 11.8. The van der Waals surface area contributed by atoms with Gasteiger partial charge in [0, 0.05) is 13.1 Å². The number of carboxylic acids is 1. The number of rotatable bonds is 2. The second-order valence-corrected chi connectivity index (χ2v) is 5.58. The van der Waals surface area contributed by atoms with Crippen LogP contribution in [0.15, 0.2) is 0 Å². The van der Waals surface area contributed by atoms with Gasteiger partial charge in [-0.25, -0.2) is 0 Å². The van der Waals surface area contributed by atoms with Crippen LogP contribution >= 0.6 is 0 Å². The minimum absolute atomic E-state index is 0.0133. The van der Waals surface area contributed by atoms with Crippen LogP contribution in [-0.4, -0.2) is 41.0 Å². The third-order valence-electron chi connectivity index (χ3n) is 4.19. The van der Waals surface area contributed by atoms with Gasteiger partial charge in [0.1, 0.15) is 0 Å². The van der Waals surface area contributed by atoms with Crippen molar-refractivity contribution in [3.8, 4) is 0 Å². The number of carbonyl (C=O) groups is 2. The Hall–Kier alpha value is -1.10. The first-order chi connectivity index (χ1) is 7.93. The number of aliphatic carboxylic acids is 1. The molecule has 17 heavy (non-hydrogen) atoms. The lowest BCUT2D eigenvalue weighted by Crippen LogP contribution is -2.41. The van der Waals surface area contributed by atoms with Crippen molar-refractivity contribution in [1.82, 2.24) is 4.90 Å². The van der Waals surface area contributed by atoms with Crippen LogP contribution in [0.5, 0.6) is 0 Å². The second-order valence-electron chi connectivity index (χ2n) is 5.58. The number of likely N-dealkylation sites (tertiary alicyclic amines) is 1. The fourth-order valence-corrected chi connectivity index (χ4v) is 3.20. The molecule has 0 radical (unpaired) electrons. The zero-order valence-electron chi connectivity index (χ0n) is 10.2. The number of nitrogens with zero attached hydrogens (tertiary/aromatic N) is 1. The zero-order valence-corrected chi connectivity index (χ0v) is 10.2. The lowest BCUT2D eigenvalue weighted by molar-refractivity contribution is -0.141. The number of hydrogen-bond donors (Lipinski definition) is 2. The molecule has 0 aromatic rings. The van der Waals surface area contributed by atoms with Crippen molar-refractivity contribution in [2.75, 3.05) is 13.1 Å². The highest BCUT2D eigenvalue weighted by Gasteiger charge is 2.47. The van der Waals surface area contributed by atoms with Crippen molar-refractivity contribution in [1.29, 1.82) is 0 Å². The average molecular weight is 240 g/mol. The third-order valence-corrected chi connectivity index (χ3v) is 4.19. The van der Waals surface area contributed by atoms with E-state index < -0.39 is 12.0 Å².